The third kappa shape index (κ3) is 1.06. The van der Waals surface area contributed by atoms with Crippen LogP contribution in [0.3, 0.4) is 0 Å². The molecule has 1 nitrogen and oxygen atoms in total. The SMILES string of the molecule is C[C@]1(CCO)C[C@@]1(F)Cl. The first kappa shape index (κ1) is 7.29. The molecule has 1 rings (SSSR count). The highest BCUT2D eigenvalue weighted by atomic mass is 35.5. The standard InChI is InChI=1S/C6H10ClFO/c1-5(2-3-9)4-6(5,7)8/h9H,2-4H2,1H3/t5-,6-/m0/s1. The smallest absolute Gasteiger partial charge is 0.189 e. The van der Waals surface area contributed by atoms with Gasteiger partial charge in [-0.3, -0.25) is 0 Å². The second kappa shape index (κ2) is 1.83. The maximum atomic E-state index is 12.7. The van der Waals surface area contributed by atoms with Gasteiger partial charge in [0.25, 0.3) is 0 Å². The summed E-state index contributed by atoms with van der Waals surface area (Å²) in [4.78, 5) is 0. The third-order valence-electron chi connectivity index (χ3n) is 2.03. The Labute approximate surface area is 58.8 Å². The summed E-state index contributed by atoms with van der Waals surface area (Å²) < 4.78 is 12.7. The normalized spacial score (nSPS) is 49.3. The van der Waals surface area contributed by atoms with Crippen molar-refractivity contribution in [1.29, 1.82) is 0 Å². The van der Waals surface area contributed by atoms with Crippen LogP contribution in [0.4, 0.5) is 4.39 Å². The number of aliphatic hydroxyl groups is 1. The monoisotopic (exact) mass is 152 g/mol. The average molecular weight is 153 g/mol. The summed E-state index contributed by atoms with van der Waals surface area (Å²) in [7, 11) is 0. The van der Waals surface area contributed by atoms with E-state index in [-0.39, 0.29) is 6.61 Å². The number of hydrogen-bond acceptors (Lipinski definition) is 1. The van der Waals surface area contributed by atoms with Crippen LogP contribution in [0.2, 0.25) is 0 Å². The molecule has 0 radical (unpaired) electrons. The molecule has 0 unspecified atom stereocenters. The van der Waals surface area contributed by atoms with E-state index in [0.29, 0.717) is 12.8 Å². The summed E-state index contributed by atoms with van der Waals surface area (Å²) in [5.41, 5.74) is -0.455. The van der Waals surface area contributed by atoms with Gasteiger partial charge < -0.3 is 5.11 Å². The van der Waals surface area contributed by atoms with Crippen molar-refractivity contribution in [3.05, 3.63) is 0 Å². The van der Waals surface area contributed by atoms with Crippen LogP contribution in [0.1, 0.15) is 19.8 Å². The Morgan fingerprint density at radius 2 is 2.22 bits per heavy atom. The van der Waals surface area contributed by atoms with Crippen LogP contribution in [0.15, 0.2) is 0 Å². The van der Waals surface area contributed by atoms with E-state index in [9.17, 15) is 4.39 Å². The van der Waals surface area contributed by atoms with Crippen LogP contribution < -0.4 is 0 Å². The largest absolute Gasteiger partial charge is 0.396 e. The van der Waals surface area contributed by atoms with Crippen LogP contribution >= 0.6 is 11.6 Å². The minimum absolute atomic E-state index is 0.0227. The van der Waals surface area contributed by atoms with E-state index in [1.807, 2.05) is 0 Å². The molecule has 0 saturated heterocycles. The molecule has 0 bridgehead atoms. The molecular formula is C6H10ClFO. The quantitative estimate of drug-likeness (QED) is 0.597. The van der Waals surface area contributed by atoms with Crippen molar-refractivity contribution in [3.63, 3.8) is 0 Å². The van der Waals surface area contributed by atoms with Gasteiger partial charge in [0, 0.05) is 18.4 Å². The number of alkyl halides is 2. The topological polar surface area (TPSA) is 20.2 Å². The predicted octanol–water partition coefficient (Wildman–Crippen LogP) is 1.68. The zero-order chi connectivity index (χ0) is 7.12. The van der Waals surface area contributed by atoms with Crippen molar-refractivity contribution < 1.29 is 9.50 Å². The van der Waals surface area contributed by atoms with Gasteiger partial charge in [-0.2, -0.15) is 0 Å². The second-order valence-corrected chi connectivity index (χ2v) is 3.51. The number of rotatable bonds is 2. The van der Waals surface area contributed by atoms with Crippen molar-refractivity contribution >= 4 is 11.6 Å². The van der Waals surface area contributed by atoms with Crippen LogP contribution in [-0.4, -0.2) is 16.8 Å². The minimum Gasteiger partial charge on any atom is -0.396 e. The van der Waals surface area contributed by atoms with Gasteiger partial charge in [0.15, 0.2) is 5.13 Å². The molecule has 1 fully saturated rings. The molecule has 0 spiro atoms. The molecule has 1 aliphatic rings. The summed E-state index contributed by atoms with van der Waals surface area (Å²) in [5, 5.41) is 6.92. The Morgan fingerprint density at radius 3 is 2.33 bits per heavy atom. The molecular weight excluding hydrogens is 143 g/mol. The van der Waals surface area contributed by atoms with Gasteiger partial charge in [0.2, 0.25) is 0 Å². The van der Waals surface area contributed by atoms with Crippen LogP contribution in [0, 0.1) is 5.41 Å². The minimum atomic E-state index is -1.53. The number of hydrogen-bond donors (Lipinski definition) is 1. The van der Waals surface area contributed by atoms with Crippen molar-refractivity contribution in [2.45, 2.75) is 24.9 Å². The summed E-state index contributed by atoms with van der Waals surface area (Å²) in [6, 6.07) is 0. The Bertz CT molecular complexity index is 126. The molecule has 0 amide bonds. The first-order valence-corrected chi connectivity index (χ1v) is 3.38. The molecule has 0 aliphatic heterocycles. The van der Waals surface area contributed by atoms with E-state index in [1.54, 1.807) is 6.92 Å². The average Bonchev–Trinajstić information content (AvgIpc) is 2.07. The maximum absolute atomic E-state index is 12.7. The first-order chi connectivity index (χ1) is 4.02. The first-order valence-electron chi connectivity index (χ1n) is 3.00. The Morgan fingerprint density at radius 1 is 1.78 bits per heavy atom. The fraction of sp³-hybridized carbons (Fsp3) is 1.00. The second-order valence-electron chi connectivity index (χ2n) is 2.92. The molecule has 1 aliphatic carbocycles. The summed E-state index contributed by atoms with van der Waals surface area (Å²) in [6.45, 7) is 1.77. The van der Waals surface area contributed by atoms with Crippen molar-refractivity contribution in [3.8, 4) is 0 Å². The Hall–Kier alpha value is 0.180. The van der Waals surface area contributed by atoms with E-state index in [4.69, 9.17) is 16.7 Å². The van der Waals surface area contributed by atoms with E-state index >= 15 is 0 Å². The lowest BCUT2D eigenvalue weighted by Gasteiger charge is -2.06. The molecule has 0 aromatic rings. The van der Waals surface area contributed by atoms with E-state index < -0.39 is 10.5 Å². The van der Waals surface area contributed by atoms with E-state index in [0.717, 1.165) is 0 Å². The summed E-state index contributed by atoms with van der Waals surface area (Å²) >= 11 is 5.35. The van der Waals surface area contributed by atoms with Crippen molar-refractivity contribution in [1.82, 2.24) is 0 Å². The van der Waals surface area contributed by atoms with Gasteiger partial charge in [-0.05, 0) is 6.42 Å². The summed E-state index contributed by atoms with van der Waals surface area (Å²) in [5.74, 6) is 0. The van der Waals surface area contributed by atoms with Crippen LogP contribution in [-0.2, 0) is 0 Å². The molecule has 3 heteroatoms. The number of halogens is 2. The van der Waals surface area contributed by atoms with Crippen LogP contribution in [0.25, 0.3) is 0 Å². The van der Waals surface area contributed by atoms with Crippen molar-refractivity contribution in [2.24, 2.45) is 5.41 Å². The third-order valence-corrected chi connectivity index (χ3v) is 2.62. The Balaban J connectivity index is 2.42. The highest BCUT2D eigenvalue weighted by Crippen LogP contribution is 2.63. The number of aliphatic hydroxyl groups excluding tert-OH is 1. The van der Waals surface area contributed by atoms with Gasteiger partial charge in [0.1, 0.15) is 0 Å². The lowest BCUT2D eigenvalue weighted by molar-refractivity contribution is 0.228. The van der Waals surface area contributed by atoms with E-state index in [2.05, 4.69) is 0 Å². The Kier molecular flexibility index (Phi) is 1.48. The van der Waals surface area contributed by atoms with Gasteiger partial charge in [-0.25, -0.2) is 4.39 Å². The molecule has 1 saturated carbocycles. The lowest BCUT2D eigenvalue weighted by Crippen LogP contribution is -2.06. The van der Waals surface area contributed by atoms with Gasteiger partial charge in [-0.15, -0.1) is 0 Å². The molecule has 0 heterocycles. The molecule has 54 valence electrons. The van der Waals surface area contributed by atoms with E-state index in [1.165, 1.54) is 0 Å². The predicted molar refractivity (Wildman–Crippen MR) is 34.1 cm³/mol. The molecule has 0 aromatic carbocycles. The fourth-order valence-corrected chi connectivity index (χ4v) is 1.35. The van der Waals surface area contributed by atoms with Crippen molar-refractivity contribution in [2.75, 3.05) is 6.61 Å². The highest BCUT2D eigenvalue weighted by molar-refractivity contribution is 6.25. The maximum Gasteiger partial charge on any atom is 0.189 e. The fourth-order valence-electron chi connectivity index (χ4n) is 0.964. The molecule has 2 atom stereocenters. The molecule has 1 N–H and O–H groups in total. The zero-order valence-electron chi connectivity index (χ0n) is 5.32. The van der Waals surface area contributed by atoms with Crippen LogP contribution in [0.5, 0.6) is 0 Å². The highest BCUT2D eigenvalue weighted by Gasteiger charge is 2.64. The van der Waals surface area contributed by atoms with Gasteiger partial charge >= 0.3 is 0 Å². The molecule has 9 heavy (non-hydrogen) atoms. The lowest BCUT2D eigenvalue weighted by atomic mass is 10.1. The van der Waals surface area contributed by atoms with Gasteiger partial charge in [-0.1, -0.05) is 18.5 Å². The van der Waals surface area contributed by atoms with Gasteiger partial charge in [0.05, 0.1) is 0 Å². The summed E-state index contributed by atoms with van der Waals surface area (Å²) in [6.07, 6.45) is 0.842. The molecule has 0 aromatic heterocycles. The zero-order valence-corrected chi connectivity index (χ0v) is 6.08.